The molecule has 1 saturated heterocycles. The molecule has 0 aromatic rings. The van der Waals surface area contributed by atoms with Crippen LogP contribution in [0.2, 0.25) is 0 Å². The van der Waals surface area contributed by atoms with Gasteiger partial charge in [0.05, 0.1) is 24.9 Å². The Labute approximate surface area is 75.4 Å². The number of ether oxygens (including phenoxy) is 2. The number of halogens is 1. The molecule has 1 fully saturated rings. The van der Waals surface area contributed by atoms with Crippen LogP contribution in [0.5, 0.6) is 0 Å². The van der Waals surface area contributed by atoms with Crippen LogP contribution in [0.15, 0.2) is 0 Å². The molecule has 0 N–H and O–H groups in total. The zero-order chi connectivity index (χ0) is 7.56. The maximum atomic E-state index is 5.62. The van der Waals surface area contributed by atoms with Crippen LogP contribution >= 0.6 is 22.6 Å². The first-order valence-electron chi connectivity index (χ1n) is 3.57. The summed E-state index contributed by atoms with van der Waals surface area (Å²) < 4.78 is 12.1. The van der Waals surface area contributed by atoms with Gasteiger partial charge in [0, 0.05) is 4.43 Å². The minimum Gasteiger partial charge on any atom is -0.373 e. The van der Waals surface area contributed by atoms with Crippen molar-refractivity contribution in [1.82, 2.24) is 0 Å². The predicted octanol–water partition coefficient (Wildman–Crippen LogP) is 1.61. The number of hydrogen-bond donors (Lipinski definition) is 0. The number of alkyl halides is 1. The lowest BCUT2D eigenvalue weighted by molar-refractivity contribution is -0.158. The molecule has 1 aliphatic heterocycles. The van der Waals surface area contributed by atoms with Crippen LogP contribution < -0.4 is 0 Å². The number of rotatable bonds is 1. The lowest BCUT2D eigenvalue weighted by Gasteiger charge is -2.31. The van der Waals surface area contributed by atoms with Crippen LogP contribution in [0.1, 0.15) is 13.8 Å². The van der Waals surface area contributed by atoms with Crippen molar-refractivity contribution < 1.29 is 9.47 Å². The van der Waals surface area contributed by atoms with Crippen molar-refractivity contribution in [1.29, 1.82) is 0 Å². The van der Waals surface area contributed by atoms with Crippen LogP contribution in [0.3, 0.4) is 0 Å². The van der Waals surface area contributed by atoms with E-state index in [4.69, 9.17) is 9.47 Å². The van der Waals surface area contributed by atoms with Crippen LogP contribution in [-0.2, 0) is 9.47 Å². The third kappa shape index (κ3) is 2.07. The van der Waals surface area contributed by atoms with Crippen molar-refractivity contribution in [2.24, 2.45) is 0 Å². The van der Waals surface area contributed by atoms with Crippen LogP contribution in [0, 0.1) is 0 Å². The standard InChI is InChI=1S/C7H13IO2/c1-5-6(2)10-7(3-8)4-9-5/h5-7H,3-4H2,1-2H3/t5-,6+,7+/m0/s1. The third-order valence-electron chi connectivity index (χ3n) is 1.79. The molecule has 0 bridgehead atoms. The summed E-state index contributed by atoms with van der Waals surface area (Å²) in [6, 6.07) is 0. The van der Waals surface area contributed by atoms with E-state index < -0.39 is 0 Å². The summed E-state index contributed by atoms with van der Waals surface area (Å²) in [6.45, 7) is 4.87. The van der Waals surface area contributed by atoms with E-state index >= 15 is 0 Å². The van der Waals surface area contributed by atoms with Gasteiger partial charge in [-0.1, -0.05) is 22.6 Å². The van der Waals surface area contributed by atoms with Gasteiger partial charge in [-0.25, -0.2) is 0 Å². The van der Waals surface area contributed by atoms with Crippen molar-refractivity contribution in [3.8, 4) is 0 Å². The molecule has 2 nitrogen and oxygen atoms in total. The first-order valence-corrected chi connectivity index (χ1v) is 5.09. The maximum Gasteiger partial charge on any atom is 0.0902 e. The van der Waals surface area contributed by atoms with Gasteiger partial charge >= 0.3 is 0 Å². The molecule has 60 valence electrons. The fraction of sp³-hybridized carbons (Fsp3) is 1.00. The second-order valence-corrected chi connectivity index (χ2v) is 3.54. The Morgan fingerprint density at radius 2 is 2.10 bits per heavy atom. The summed E-state index contributed by atoms with van der Waals surface area (Å²) in [6.07, 6.45) is 0.833. The molecule has 0 aromatic carbocycles. The van der Waals surface area contributed by atoms with Gasteiger partial charge < -0.3 is 9.47 Å². The number of hydrogen-bond acceptors (Lipinski definition) is 2. The highest BCUT2D eigenvalue weighted by atomic mass is 127. The molecular formula is C7H13IO2. The molecular weight excluding hydrogens is 243 g/mol. The summed E-state index contributed by atoms with van der Waals surface area (Å²) in [4.78, 5) is 0. The van der Waals surface area contributed by atoms with E-state index in [0.717, 1.165) is 11.0 Å². The highest BCUT2D eigenvalue weighted by Crippen LogP contribution is 2.15. The van der Waals surface area contributed by atoms with Gasteiger partial charge in [0.15, 0.2) is 0 Å². The van der Waals surface area contributed by atoms with Crippen molar-refractivity contribution >= 4 is 22.6 Å². The highest BCUT2D eigenvalue weighted by Gasteiger charge is 2.24. The van der Waals surface area contributed by atoms with Gasteiger partial charge in [0.1, 0.15) is 0 Å². The summed E-state index contributed by atoms with van der Waals surface area (Å²) in [5.41, 5.74) is 0. The van der Waals surface area contributed by atoms with Gasteiger partial charge in [-0.15, -0.1) is 0 Å². The first-order chi connectivity index (χ1) is 4.74. The van der Waals surface area contributed by atoms with Crippen LogP contribution in [0.4, 0.5) is 0 Å². The van der Waals surface area contributed by atoms with Crippen molar-refractivity contribution in [2.45, 2.75) is 32.2 Å². The minimum absolute atomic E-state index is 0.258. The summed E-state index contributed by atoms with van der Waals surface area (Å²) in [7, 11) is 0. The second-order valence-electron chi connectivity index (χ2n) is 2.66. The van der Waals surface area contributed by atoms with Crippen molar-refractivity contribution in [2.75, 3.05) is 11.0 Å². The summed E-state index contributed by atoms with van der Waals surface area (Å²) in [5, 5.41) is 0. The second kappa shape index (κ2) is 3.88. The Morgan fingerprint density at radius 1 is 1.40 bits per heavy atom. The maximum absolute atomic E-state index is 5.62. The monoisotopic (exact) mass is 256 g/mol. The van der Waals surface area contributed by atoms with E-state index in [-0.39, 0.29) is 12.2 Å². The molecule has 0 amide bonds. The highest BCUT2D eigenvalue weighted by molar-refractivity contribution is 14.1. The summed E-state index contributed by atoms with van der Waals surface area (Å²) >= 11 is 2.32. The molecule has 10 heavy (non-hydrogen) atoms. The fourth-order valence-corrected chi connectivity index (χ4v) is 1.39. The lowest BCUT2D eigenvalue weighted by Crippen LogP contribution is -2.40. The largest absolute Gasteiger partial charge is 0.373 e. The van der Waals surface area contributed by atoms with E-state index in [1.54, 1.807) is 0 Å². The SMILES string of the molecule is C[C@@H]1OC[C@@H](CI)O[C@@H]1C. The molecule has 1 rings (SSSR count). The van der Waals surface area contributed by atoms with Crippen molar-refractivity contribution in [3.05, 3.63) is 0 Å². The van der Waals surface area contributed by atoms with Gasteiger partial charge in [-0.05, 0) is 13.8 Å². The molecule has 1 heterocycles. The van der Waals surface area contributed by atoms with Gasteiger partial charge in [0.2, 0.25) is 0 Å². The molecule has 1 aliphatic rings. The Hall–Kier alpha value is 0.650. The molecule has 0 aliphatic carbocycles. The van der Waals surface area contributed by atoms with E-state index in [2.05, 4.69) is 29.5 Å². The van der Waals surface area contributed by atoms with E-state index in [1.165, 1.54) is 0 Å². The predicted molar refractivity (Wildman–Crippen MR) is 48.6 cm³/mol. The molecule has 0 unspecified atom stereocenters. The normalized spacial score (nSPS) is 41.7. The molecule has 3 heteroatoms. The fourth-order valence-electron chi connectivity index (χ4n) is 0.929. The summed E-state index contributed by atoms with van der Waals surface area (Å²) in [5.74, 6) is 0. The third-order valence-corrected chi connectivity index (χ3v) is 2.77. The van der Waals surface area contributed by atoms with Crippen LogP contribution in [0.25, 0.3) is 0 Å². The van der Waals surface area contributed by atoms with Gasteiger partial charge in [-0.2, -0.15) is 0 Å². The Bertz CT molecular complexity index is 108. The quantitative estimate of drug-likeness (QED) is 0.524. The molecule has 0 radical (unpaired) electrons. The zero-order valence-corrected chi connectivity index (χ0v) is 8.50. The van der Waals surface area contributed by atoms with Crippen molar-refractivity contribution in [3.63, 3.8) is 0 Å². The lowest BCUT2D eigenvalue weighted by atomic mass is 10.2. The average molecular weight is 256 g/mol. The smallest absolute Gasteiger partial charge is 0.0902 e. The van der Waals surface area contributed by atoms with E-state index in [1.807, 2.05) is 6.92 Å². The van der Waals surface area contributed by atoms with Crippen LogP contribution in [-0.4, -0.2) is 29.3 Å². The molecule has 3 atom stereocenters. The van der Waals surface area contributed by atoms with Gasteiger partial charge in [-0.3, -0.25) is 0 Å². The molecule has 0 spiro atoms. The first kappa shape index (κ1) is 8.74. The zero-order valence-electron chi connectivity index (χ0n) is 6.34. The molecule has 0 saturated carbocycles. The van der Waals surface area contributed by atoms with E-state index in [9.17, 15) is 0 Å². The average Bonchev–Trinajstić information content (AvgIpc) is 1.95. The Balaban J connectivity index is 2.33. The Kier molecular flexibility index (Phi) is 3.39. The topological polar surface area (TPSA) is 18.5 Å². The van der Waals surface area contributed by atoms with Gasteiger partial charge in [0.25, 0.3) is 0 Å². The molecule has 0 aromatic heterocycles. The van der Waals surface area contributed by atoms with E-state index in [0.29, 0.717) is 6.10 Å². The minimum atomic E-state index is 0.258. The Morgan fingerprint density at radius 3 is 2.60 bits per heavy atom.